The molecule has 272 valence electrons. The van der Waals surface area contributed by atoms with E-state index in [1.807, 2.05) is 91.0 Å². The van der Waals surface area contributed by atoms with Crippen molar-refractivity contribution < 1.29 is 33.0 Å². The number of carbonyl (C=O) groups excluding carboxylic acids is 2. The van der Waals surface area contributed by atoms with Gasteiger partial charge in [0.1, 0.15) is 30.0 Å². The van der Waals surface area contributed by atoms with E-state index >= 15 is 0 Å². The number of oxazole rings is 2. The average molecular weight is 714 g/mol. The van der Waals surface area contributed by atoms with Crippen molar-refractivity contribution in [3.05, 3.63) is 151 Å². The third-order valence-electron chi connectivity index (χ3n) is 8.97. The Bertz CT molecular complexity index is 2060. The highest BCUT2D eigenvalue weighted by Crippen LogP contribution is 2.30. The van der Waals surface area contributed by atoms with Crippen LogP contribution < -0.4 is 4.74 Å². The van der Waals surface area contributed by atoms with Crippen LogP contribution in [0.2, 0.25) is 0 Å². The molecule has 0 aliphatic carbocycles. The zero-order valence-corrected chi connectivity index (χ0v) is 29.5. The second-order valence-electron chi connectivity index (χ2n) is 12.7. The maximum atomic E-state index is 14.9. The van der Waals surface area contributed by atoms with Gasteiger partial charge in [0.05, 0.1) is 24.5 Å². The monoisotopic (exact) mass is 713 g/mol. The second kappa shape index (κ2) is 18.0. The summed E-state index contributed by atoms with van der Waals surface area (Å²) in [7, 11) is 0. The highest BCUT2D eigenvalue weighted by Gasteiger charge is 2.33. The van der Waals surface area contributed by atoms with Gasteiger partial charge in [-0.3, -0.25) is 9.59 Å². The summed E-state index contributed by atoms with van der Waals surface area (Å²) in [5, 5.41) is 9.20. The van der Waals surface area contributed by atoms with Crippen molar-refractivity contribution in [2.24, 2.45) is 11.8 Å². The molecule has 0 saturated carbocycles. The Morgan fingerprint density at radius 2 is 1.32 bits per heavy atom. The van der Waals surface area contributed by atoms with Crippen LogP contribution in [0.4, 0.5) is 0 Å². The number of esters is 1. The molecule has 1 N–H and O–H groups in total. The van der Waals surface area contributed by atoms with Crippen LogP contribution in [0.1, 0.15) is 41.8 Å². The number of aliphatic hydroxyl groups is 1. The van der Waals surface area contributed by atoms with Crippen molar-refractivity contribution in [3.8, 4) is 5.75 Å². The SMILES string of the molecule is C=CC[C@H](Cc1nc2ccccc2o1)C(=O)OC[C@H](c1ccccc1)N(Cc1ccc(OCCO)cc1)C(=O)[C@H](CC=C)Cc1nc2ccccc2o1. The lowest BCUT2D eigenvalue weighted by Gasteiger charge is -2.35. The minimum absolute atomic E-state index is 0.100. The smallest absolute Gasteiger partial charge is 0.309 e. The van der Waals surface area contributed by atoms with Crippen molar-refractivity contribution in [1.82, 2.24) is 14.9 Å². The molecule has 10 nitrogen and oxygen atoms in total. The molecule has 0 aliphatic rings. The van der Waals surface area contributed by atoms with Crippen LogP contribution in [0, 0.1) is 11.8 Å². The molecule has 0 radical (unpaired) electrons. The lowest BCUT2D eigenvalue weighted by atomic mass is 9.96. The van der Waals surface area contributed by atoms with Crippen molar-refractivity contribution in [2.75, 3.05) is 19.8 Å². The molecule has 0 unspecified atom stereocenters. The Morgan fingerprint density at radius 1 is 0.755 bits per heavy atom. The van der Waals surface area contributed by atoms with E-state index in [1.165, 1.54) is 0 Å². The number of fused-ring (bicyclic) bond motifs is 2. The fraction of sp³-hybridized carbons (Fsp3) is 0.256. The van der Waals surface area contributed by atoms with Crippen molar-refractivity contribution >= 4 is 34.1 Å². The number of ether oxygens (including phenoxy) is 2. The third-order valence-corrected chi connectivity index (χ3v) is 8.97. The van der Waals surface area contributed by atoms with Gasteiger partial charge >= 0.3 is 5.97 Å². The van der Waals surface area contributed by atoms with Crippen molar-refractivity contribution in [2.45, 2.75) is 38.3 Å². The molecule has 0 fully saturated rings. The number of aromatic nitrogens is 2. The fourth-order valence-electron chi connectivity index (χ4n) is 6.32. The van der Waals surface area contributed by atoms with E-state index in [4.69, 9.17) is 18.3 Å². The Morgan fingerprint density at radius 3 is 1.91 bits per heavy atom. The van der Waals surface area contributed by atoms with Crippen LogP contribution in [0.5, 0.6) is 5.75 Å². The lowest BCUT2D eigenvalue weighted by molar-refractivity contribution is -0.154. The first kappa shape index (κ1) is 36.8. The van der Waals surface area contributed by atoms with Gasteiger partial charge in [-0.05, 0) is 60.4 Å². The summed E-state index contributed by atoms with van der Waals surface area (Å²) in [6, 6.07) is 31.2. The predicted molar refractivity (Wildman–Crippen MR) is 202 cm³/mol. The van der Waals surface area contributed by atoms with Crippen LogP contribution in [0.15, 0.2) is 137 Å². The van der Waals surface area contributed by atoms with E-state index in [2.05, 4.69) is 23.1 Å². The van der Waals surface area contributed by atoms with Crippen LogP contribution >= 0.6 is 0 Å². The molecular formula is C43H43N3O7. The molecule has 0 bridgehead atoms. The topological polar surface area (TPSA) is 128 Å². The lowest BCUT2D eigenvalue weighted by Crippen LogP contribution is -2.41. The minimum atomic E-state index is -0.650. The standard InChI is InChI=1S/C43H43N3O7/c1-3-12-32(26-40-44-35-16-8-10-18-38(35)52-40)42(48)46(28-30-20-22-34(23-21-30)50-25-24-47)37(31-14-6-5-7-15-31)29-51-43(49)33(13-4-2)27-41-45-36-17-9-11-19-39(36)53-41/h3-11,14-23,32-33,37,47H,1-2,12-13,24-29H2/t32-,33-,37-/m1/s1. The third kappa shape index (κ3) is 9.46. The number of nitrogens with zero attached hydrogens (tertiary/aromatic N) is 3. The Hall–Kier alpha value is -6.00. The number of benzene rings is 4. The van der Waals surface area contributed by atoms with Crippen molar-refractivity contribution in [1.29, 1.82) is 0 Å². The highest BCUT2D eigenvalue weighted by molar-refractivity contribution is 5.80. The van der Waals surface area contributed by atoms with E-state index in [0.29, 0.717) is 52.6 Å². The summed E-state index contributed by atoms with van der Waals surface area (Å²) in [5.74, 6) is -0.300. The van der Waals surface area contributed by atoms with E-state index in [0.717, 1.165) is 11.1 Å². The zero-order valence-electron chi connectivity index (χ0n) is 29.5. The Balaban J connectivity index is 1.30. The molecule has 6 aromatic rings. The van der Waals surface area contributed by atoms with Gasteiger partial charge in [0, 0.05) is 19.4 Å². The molecule has 0 spiro atoms. The first-order chi connectivity index (χ1) is 25.9. The number of hydrogen-bond donors (Lipinski definition) is 1. The Labute approximate surface area is 308 Å². The van der Waals surface area contributed by atoms with Crippen LogP contribution in [0.3, 0.4) is 0 Å². The summed E-state index contributed by atoms with van der Waals surface area (Å²) in [4.78, 5) is 39.7. The molecule has 6 rings (SSSR count). The molecule has 2 aromatic heterocycles. The summed E-state index contributed by atoms with van der Waals surface area (Å²) in [6.07, 6.45) is 4.60. The minimum Gasteiger partial charge on any atom is -0.491 e. The predicted octanol–water partition coefficient (Wildman–Crippen LogP) is 7.82. The van der Waals surface area contributed by atoms with Gasteiger partial charge < -0.3 is 28.3 Å². The van der Waals surface area contributed by atoms with Gasteiger partial charge in [0.15, 0.2) is 22.9 Å². The number of hydrogen-bond acceptors (Lipinski definition) is 9. The van der Waals surface area contributed by atoms with Gasteiger partial charge in [-0.2, -0.15) is 0 Å². The fourth-order valence-corrected chi connectivity index (χ4v) is 6.32. The van der Waals surface area contributed by atoms with E-state index in [1.54, 1.807) is 29.2 Å². The quantitative estimate of drug-likeness (QED) is 0.0660. The van der Waals surface area contributed by atoms with Gasteiger partial charge in [-0.15, -0.1) is 13.2 Å². The second-order valence-corrected chi connectivity index (χ2v) is 12.7. The molecule has 1 amide bonds. The van der Waals surface area contributed by atoms with Crippen LogP contribution in [-0.4, -0.2) is 51.7 Å². The molecule has 4 aromatic carbocycles. The first-order valence-electron chi connectivity index (χ1n) is 17.7. The molecule has 0 aliphatic heterocycles. The van der Waals surface area contributed by atoms with Crippen LogP contribution in [-0.2, 0) is 33.7 Å². The largest absolute Gasteiger partial charge is 0.491 e. The number of rotatable bonds is 19. The highest BCUT2D eigenvalue weighted by atomic mass is 16.5. The van der Waals surface area contributed by atoms with Crippen molar-refractivity contribution in [3.63, 3.8) is 0 Å². The normalized spacial score (nSPS) is 12.9. The van der Waals surface area contributed by atoms with E-state index in [9.17, 15) is 14.7 Å². The van der Waals surface area contributed by atoms with Crippen LogP contribution in [0.25, 0.3) is 22.2 Å². The van der Waals surface area contributed by atoms with Gasteiger partial charge in [0.2, 0.25) is 5.91 Å². The number of amides is 1. The van der Waals surface area contributed by atoms with E-state index in [-0.39, 0.29) is 45.1 Å². The maximum absolute atomic E-state index is 14.9. The summed E-state index contributed by atoms with van der Waals surface area (Å²) >= 11 is 0. The molecule has 10 heteroatoms. The molecule has 0 saturated heterocycles. The van der Waals surface area contributed by atoms with Gasteiger partial charge in [0.25, 0.3) is 0 Å². The number of allylic oxidation sites excluding steroid dienone is 2. The Kier molecular flexibility index (Phi) is 12.5. The molecule has 3 atom stereocenters. The first-order valence-corrected chi connectivity index (χ1v) is 17.7. The number of aliphatic hydroxyl groups excluding tert-OH is 1. The number of para-hydroxylation sites is 4. The average Bonchev–Trinajstić information content (AvgIpc) is 3.80. The zero-order chi connectivity index (χ0) is 37.0. The summed E-state index contributed by atoms with van der Waals surface area (Å²) in [6.45, 7) is 7.98. The van der Waals surface area contributed by atoms with Gasteiger partial charge in [-0.1, -0.05) is 78.9 Å². The number of carbonyl (C=O) groups is 2. The summed E-state index contributed by atoms with van der Waals surface area (Å²) in [5.41, 5.74) is 4.36. The summed E-state index contributed by atoms with van der Waals surface area (Å²) < 4.78 is 23.6. The van der Waals surface area contributed by atoms with E-state index < -0.39 is 23.8 Å². The molecule has 53 heavy (non-hydrogen) atoms. The maximum Gasteiger partial charge on any atom is 0.309 e. The van der Waals surface area contributed by atoms with Gasteiger partial charge in [-0.25, -0.2) is 9.97 Å². The molecule has 2 heterocycles. The molecular weight excluding hydrogens is 670 g/mol.